The van der Waals surface area contributed by atoms with E-state index in [2.05, 4.69) is 4.85 Å². The Labute approximate surface area is 93.7 Å². The minimum Gasteiger partial charge on any atom is -0.461 e. The molecule has 1 aliphatic rings. The number of fused-ring (bicyclic) bond motifs is 1. The van der Waals surface area contributed by atoms with E-state index in [4.69, 9.17) is 16.6 Å². The fourth-order valence-corrected chi connectivity index (χ4v) is 1.60. The van der Waals surface area contributed by atoms with Gasteiger partial charge in [-0.1, -0.05) is 18.2 Å². The molecule has 0 atom stereocenters. The second-order valence-electron chi connectivity index (χ2n) is 3.34. The molecule has 0 saturated heterocycles. The summed E-state index contributed by atoms with van der Waals surface area (Å²) in [7, 11) is 0. The van der Waals surface area contributed by atoms with Crippen LogP contribution in [0.5, 0.6) is 5.75 Å². The van der Waals surface area contributed by atoms with Crippen LogP contribution in [0.4, 0.5) is 0 Å². The molecule has 0 N–H and O–H groups in total. The van der Waals surface area contributed by atoms with Crippen molar-refractivity contribution in [2.45, 2.75) is 6.92 Å². The lowest BCUT2D eigenvalue weighted by molar-refractivity contribution is 0.422. The third-order valence-electron chi connectivity index (χ3n) is 2.27. The molecule has 0 fully saturated rings. The highest BCUT2D eigenvalue weighted by Crippen LogP contribution is 2.35. The monoisotopic (exact) mass is 208 g/mol. The zero-order valence-corrected chi connectivity index (χ0v) is 8.69. The topological polar surface area (TPSA) is 37.4 Å². The van der Waals surface area contributed by atoms with Crippen molar-refractivity contribution in [3.8, 4) is 11.8 Å². The van der Waals surface area contributed by atoms with Gasteiger partial charge in [-0.3, -0.25) is 0 Å². The molecule has 2 rings (SSSR count). The van der Waals surface area contributed by atoms with Gasteiger partial charge in [0.05, 0.1) is 12.6 Å². The smallest absolute Gasteiger partial charge is 0.269 e. The molecule has 0 amide bonds. The lowest BCUT2D eigenvalue weighted by Crippen LogP contribution is -2.02. The molecule has 76 valence electrons. The summed E-state index contributed by atoms with van der Waals surface area (Å²) in [6, 6.07) is 9.29. The van der Waals surface area contributed by atoms with Gasteiger partial charge in [-0.15, -0.1) is 0 Å². The van der Waals surface area contributed by atoms with E-state index < -0.39 is 0 Å². The van der Waals surface area contributed by atoms with Crippen LogP contribution < -0.4 is 4.74 Å². The van der Waals surface area contributed by atoms with Gasteiger partial charge in [0.1, 0.15) is 11.5 Å². The Hall–Kier alpha value is -2.52. The van der Waals surface area contributed by atoms with Crippen LogP contribution >= 0.6 is 0 Å². The van der Waals surface area contributed by atoms with Crippen molar-refractivity contribution >= 4 is 5.57 Å². The highest BCUT2D eigenvalue weighted by atomic mass is 16.5. The fourth-order valence-electron chi connectivity index (χ4n) is 1.60. The largest absolute Gasteiger partial charge is 0.461 e. The van der Waals surface area contributed by atoms with Crippen molar-refractivity contribution in [3.05, 3.63) is 58.8 Å². The average molecular weight is 208 g/mol. The zero-order chi connectivity index (χ0) is 11.5. The molecule has 0 radical (unpaired) electrons. The van der Waals surface area contributed by atoms with Gasteiger partial charge < -0.3 is 4.74 Å². The van der Waals surface area contributed by atoms with Crippen molar-refractivity contribution in [3.63, 3.8) is 0 Å². The van der Waals surface area contributed by atoms with Crippen LogP contribution in [0.15, 0.2) is 41.8 Å². The lowest BCUT2D eigenvalue weighted by Gasteiger charge is -2.18. The Kier molecular flexibility index (Phi) is 2.45. The van der Waals surface area contributed by atoms with E-state index in [1.165, 1.54) is 0 Å². The van der Waals surface area contributed by atoms with E-state index in [1.54, 1.807) is 13.0 Å². The number of nitriles is 1. The number of para-hydroxylation sites is 1. The minimum absolute atomic E-state index is 0.0927. The van der Waals surface area contributed by atoms with Crippen LogP contribution in [0.1, 0.15) is 12.5 Å². The van der Waals surface area contributed by atoms with E-state index in [1.807, 2.05) is 30.3 Å². The molecule has 0 unspecified atom stereocenters. The molecule has 1 aliphatic heterocycles. The van der Waals surface area contributed by atoms with Gasteiger partial charge in [0.25, 0.3) is 5.70 Å². The molecule has 0 bridgehead atoms. The quantitative estimate of drug-likeness (QED) is 0.485. The minimum atomic E-state index is 0.0927. The second-order valence-corrected chi connectivity index (χ2v) is 3.34. The number of rotatable bonds is 0. The molecular formula is C13H8N2O. The van der Waals surface area contributed by atoms with Crippen LogP contribution in [0, 0.1) is 17.9 Å². The van der Waals surface area contributed by atoms with Crippen molar-refractivity contribution < 1.29 is 4.74 Å². The predicted molar refractivity (Wildman–Crippen MR) is 60.0 cm³/mol. The van der Waals surface area contributed by atoms with Gasteiger partial charge >= 0.3 is 0 Å². The standard InChI is InChI=1S/C13H8N2O/c1-9-7-11(12(8-14)15-2)10-5-3-4-6-13(10)16-9/h3-7H,1H3/b12-11-. The summed E-state index contributed by atoms with van der Waals surface area (Å²) in [5, 5.41) is 8.90. The van der Waals surface area contributed by atoms with Gasteiger partial charge in [-0.05, 0) is 19.1 Å². The third-order valence-corrected chi connectivity index (χ3v) is 2.27. The Morgan fingerprint density at radius 1 is 1.44 bits per heavy atom. The zero-order valence-electron chi connectivity index (χ0n) is 8.69. The number of ether oxygens (including phenoxy) is 1. The second kappa shape index (κ2) is 3.92. The average Bonchev–Trinajstić information content (AvgIpc) is 2.30. The molecule has 3 nitrogen and oxygen atoms in total. The maximum Gasteiger partial charge on any atom is 0.269 e. The van der Waals surface area contributed by atoms with Crippen molar-refractivity contribution in [2.75, 3.05) is 0 Å². The molecular weight excluding hydrogens is 200 g/mol. The predicted octanol–water partition coefficient (Wildman–Crippen LogP) is 3.14. The van der Waals surface area contributed by atoms with E-state index in [0.717, 1.165) is 5.56 Å². The van der Waals surface area contributed by atoms with Crippen molar-refractivity contribution in [2.24, 2.45) is 0 Å². The van der Waals surface area contributed by atoms with E-state index in [0.29, 0.717) is 17.1 Å². The van der Waals surface area contributed by atoms with Crippen LogP contribution in [0.25, 0.3) is 10.4 Å². The van der Waals surface area contributed by atoms with Crippen LogP contribution in [0.3, 0.4) is 0 Å². The molecule has 0 aliphatic carbocycles. The molecule has 0 spiro atoms. The van der Waals surface area contributed by atoms with Gasteiger partial charge in [0, 0.05) is 11.1 Å². The van der Waals surface area contributed by atoms with Crippen molar-refractivity contribution in [1.29, 1.82) is 5.26 Å². The number of hydrogen-bond acceptors (Lipinski definition) is 2. The first-order chi connectivity index (χ1) is 7.76. The Bertz CT molecular complexity index is 567. The number of nitrogens with zero attached hydrogens (tertiary/aromatic N) is 2. The van der Waals surface area contributed by atoms with E-state index in [-0.39, 0.29) is 5.70 Å². The fraction of sp³-hybridized carbons (Fsp3) is 0.0769. The highest BCUT2D eigenvalue weighted by molar-refractivity contribution is 5.84. The molecule has 1 aromatic carbocycles. The third kappa shape index (κ3) is 1.55. The SMILES string of the molecule is [C-]#[N+]/C(C#N)=C1/C=C(C)Oc2ccccc21. The van der Waals surface area contributed by atoms with Gasteiger partial charge in [0.2, 0.25) is 0 Å². The van der Waals surface area contributed by atoms with Crippen molar-refractivity contribution in [1.82, 2.24) is 0 Å². The lowest BCUT2D eigenvalue weighted by atomic mass is 10.0. The van der Waals surface area contributed by atoms with E-state index >= 15 is 0 Å². The van der Waals surface area contributed by atoms with Crippen LogP contribution in [-0.4, -0.2) is 0 Å². The summed E-state index contributed by atoms with van der Waals surface area (Å²) in [6.45, 7) is 8.78. The molecule has 0 aromatic heterocycles. The molecule has 1 aromatic rings. The van der Waals surface area contributed by atoms with E-state index in [9.17, 15) is 0 Å². The summed E-state index contributed by atoms with van der Waals surface area (Å²) >= 11 is 0. The first-order valence-electron chi connectivity index (χ1n) is 4.73. The molecule has 0 saturated carbocycles. The molecule has 3 heteroatoms. The van der Waals surface area contributed by atoms with Crippen LogP contribution in [-0.2, 0) is 0 Å². The van der Waals surface area contributed by atoms with Crippen LogP contribution in [0.2, 0.25) is 0 Å². The first-order valence-corrected chi connectivity index (χ1v) is 4.73. The summed E-state index contributed by atoms with van der Waals surface area (Å²) in [6.07, 6.45) is 1.72. The summed E-state index contributed by atoms with van der Waals surface area (Å²) in [4.78, 5) is 3.23. The van der Waals surface area contributed by atoms with Gasteiger partial charge in [-0.2, -0.15) is 0 Å². The summed E-state index contributed by atoms with van der Waals surface area (Å²) in [5.41, 5.74) is 1.52. The number of allylic oxidation sites excluding steroid dienone is 4. The first kappa shape index (κ1) is 10.0. The Morgan fingerprint density at radius 3 is 2.88 bits per heavy atom. The molecule has 1 heterocycles. The maximum atomic E-state index is 8.90. The Balaban J connectivity index is 2.72. The van der Waals surface area contributed by atoms with Gasteiger partial charge in [0.15, 0.2) is 0 Å². The number of benzene rings is 1. The summed E-state index contributed by atoms with van der Waals surface area (Å²) in [5.74, 6) is 1.37. The highest BCUT2D eigenvalue weighted by Gasteiger charge is 2.17. The summed E-state index contributed by atoms with van der Waals surface area (Å²) < 4.78 is 5.52. The molecule has 16 heavy (non-hydrogen) atoms. The maximum absolute atomic E-state index is 8.90. The normalized spacial score (nSPS) is 16.1. The van der Waals surface area contributed by atoms with Gasteiger partial charge in [-0.25, -0.2) is 10.1 Å². The number of hydrogen-bond donors (Lipinski definition) is 0. The Morgan fingerprint density at radius 2 is 2.19 bits per heavy atom.